The van der Waals surface area contributed by atoms with Crippen molar-refractivity contribution in [2.45, 2.75) is 26.8 Å². The van der Waals surface area contributed by atoms with Crippen molar-refractivity contribution in [1.82, 2.24) is 9.55 Å². The minimum Gasteiger partial charge on any atom is -0.298 e. The number of benzene rings is 1. The summed E-state index contributed by atoms with van der Waals surface area (Å²) in [7, 11) is 0. The molecule has 0 spiro atoms. The molecule has 0 saturated heterocycles. The van der Waals surface area contributed by atoms with Crippen LogP contribution in [0.5, 0.6) is 0 Å². The van der Waals surface area contributed by atoms with E-state index in [9.17, 15) is 9.18 Å². The average molecular weight is 316 g/mol. The summed E-state index contributed by atoms with van der Waals surface area (Å²) in [5.41, 5.74) is 2.46. The molecule has 0 aliphatic heterocycles. The maximum atomic E-state index is 13.0. The SMILES string of the molecule is CC(C)CCn1cnc2c(-c3ccc(F)cc3)csc2c1=O. The van der Waals surface area contributed by atoms with Crippen molar-refractivity contribution in [3.8, 4) is 11.1 Å². The zero-order valence-corrected chi connectivity index (χ0v) is 13.4. The van der Waals surface area contributed by atoms with E-state index in [-0.39, 0.29) is 11.4 Å². The van der Waals surface area contributed by atoms with Gasteiger partial charge in [0.1, 0.15) is 10.5 Å². The summed E-state index contributed by atoms with van der Waals surface area (Å²) in [5, 5.41) is 1.92. The first kappa shape index (κ1) is 14.9. The van der Waals surface area contributed by atoms with Gasteiger partial charge in [-0.1, -0.05) is 26.0 Å². The van der Waals surface area contributed by atoms with E-state index in [4.69, 9.17) is 0 Å². The summed E-state index contributed by atoms with van der Waals surface area (Å²) in [6.07, 6.45) is 2.57. The van der Waals surface area contributed by atoms with Crippen LogP contribution in [0.15, 0.2) is 40.8 Å². The van der Waals surface area contributed by atoms with Crippen LogP contribution in [0.2, 0.25) is 0 Å². The molecular weight excluding hydrogens is 299 g/mol. The fourth-order valence-corrected chi connectivity index (χ4v) is 3.31. The zero-order chi connectivity index (χ0) is 15.7. The Hall–Kier alpha value is -2.01. The summed E-state index contributed by atoms with van der Waals surface area (Å²) < 4.78 is 15.4. The largest absolute Gasteiger partial charge is 0.298 e. The summed E-state index contributed by atoms with van der Waals surface area (Å²) >= 11 is 1.40. The number of rotatable bonds is 4. The van der Waals surface area contributed by atoms with Crippen LogP contribution < -0.4 is 5.56 Å². The van der Waals surface area contributed by atoms with Crippen LogP contribution in [0.3, 0.4) is 0 Å². The van der Waals surface area contributed by atoms with Gasteiger partial charge in [-0.15, -0.1) is 11.3 Å². The number of thiophene rings is 1. The van der Waals surface area contributed by atoms with Gasteiger partial charge in [0.15, 0.2) is 0 Å². The van der Waals surface area contributed by atoms with Gasteiger partial charge in [-0.05, 0) is 30.0 Å². The lowest BCUT2D eigenvalue weighted by Gasteiger charge is -2.07. The maximum Gasteiger partial charge on any atom is 0.271 e. The Morgan fingerprint density at radius 2 is 2.00 bits per heavy atom. The van der Waals surface area contributed by atoms with Gasteiger partial charge in [0.05, 0.1) is 11.8 Å². The molecule has 5 heteroatoms. The molecule has 0 atom stereocenters. The number of hydrogen-bond donors (Lipinski definition) is 0. The first-order valence-electron chi connectivity index (χ1n) is 7.29. The summed E-state index contributed by atoms with van der Waals surface area (Å²) in [6.45, 7) is 4.95. The molecule has 2 heterocycles. The van der Waals surface area contributed by atoms with Crippen molar-refractivity contribution in [3.63, 3.8) is 0 Å². The molecule has 3 nitrogen and oxygen atoms in total. The minimum atomic E-state index is -0.271. The molecular formula is C17H17FN2OS. The minimum absolute atomic E-state index is 0.00371. The van der Waals surface area contributed by atoms with Crippen molar-refractivity contribution in [1.29, 1.82) is 0 Å². The monoisotopic (exact) mass is 316 g/mol. The van der Waals surface area contributed by atoms with Crippen molar-refractivity contribution in [2.24, 2.45) is 5.92 Å². The van der Waals surface area contributed by atoms with Gasteiger partial charge in [-0.3, -0.25) is 9.36 Å². The van der Waals surface area contributed by atoms with Crippen LogP contribution in [-0.2, 0) is 6.54 Å². The number of hydrogen-bond acceptors (Lipinski definition) is 3. The van der Waals surface area contributed by atoms with E-state index in [1.807, 2.05) is 5.38 Å². The number of halogens is 1. The van der Waals surface area contributed by atoms with Gasteiger partial charge in [0.25, 0.3) is 5.56 Å². The molecule has 0 amide bonds. The fourth-order valence-electron chi connectivity index (χ4n) is 2.33. The second-order valence-corrected chi connectivity index (χ2v) is 6.64. The molecule has 3 rings (SSSR count). The van der Waals surface area contributed by atoms with E-state index < -0.39 is 0 Å². The molecule has 3 aromatic rings. The third kappa shape index (κ3) is 2.81. The van der Waals surface area contributed by atoms with Crippen molar-refractivity contribution >= 4 is 21.6 Å². The Labute approximate surface area is 132 Å². The first-order chi connectivity index (χ1) is 10.6. The van der Waals surface area contributed by atoms with Crippen LogP contribution in [-0.4, -0.2) is 9.55 Å². The van der Waals surface area contributed by atoms with Crippen molar-refractivity contribution in [2.75, 3.05) is 0 Å². The second-order valence-electron chi connectivity index (χ2n) is 5.76. The number of fused-ring (bicyclic) bond motifs is 1. The average Bonchev–Trinajstić information content (AvgIpc) is 2.92. The summed E-state index contributed by atoms with van der Waals surface area (Å²) in [5.74, 6) is 0.271. The predicted molar refractivity (Wildman–Crippen MR) is 88.7 cm³/mol. The van der Waals surface area contributed by atoms with Gasteiger partial charge < -0.3 is 0 Å². The Morgan fingerprint density at radius 3 is 2.68 bits per heavy atom. The lowest BCUT2D eigenvalue weighted by atomic mass is 10.1. The van der Waals surface area contributed by atoms with E-state index in [2.05, 4.69) is 18.8 Å². The number of aromatic nitrogens is 2. The molecule has 1 aromatic carbocycles. The molecule has 2 aromatic heterocycles. The number of aryl methyl sites for hydroxylation is 1. The van der Waals surface area contributed by atoms with E-state index in [1.165, 1.54) is 23.5 Å². The van der Waals surface area contributed by atoms with Crippen molar-refractivity contribution < 1.29 is 4.39 Å². The normalized spacial score (nSPS) is 11.5. The fraction of sp³-hybridized carbons (Fsp3) is 0.294. The lowest BCUT2D eigenvalue weighted by Crippen LogP contribution is -2.20. The zero-order valence-electron chi connectivity index (χ0n) is 12.5. The van der Waals surface area contributed by atoms with Crippen LogP contribution in [0, 0.1) is 11.7 Å². The molecule has 0 fully saturated rings. The molecule has 0 aliphatic carbocycles. The summed E-state index contributed by atoms with van der Waals surface area (Å²) in [6, 6.07) is 6.26. The predicted octanol–water partition coefficient (Wildman–Crippen LogP) is 4.31. The van der Waals surface area contributed by atoms with E-state index in [1.54, 1.807) is 23.0 Å². The Morgan fingerprint density at radius 1 is 1.27 bits per heavy atom. The van der Waals surface area contributed by atoms with Crippen molar-refractivity contribution in [3.05, 3.63) is 52.1 Å². The van der Waals surface area contributed by atoms with Gasteiger partial charge in [-0.2, -0.15) is 0 Å². The molecule has 22 heavy (non-hydrogen) atoms. The highest BCUT2D eigenvalue weighted by Gasteiger charge is 2.12. The Kier molecular flexibility index (Phi) is 4.07. The van der Waals surface area contributed by atoms with Crippen LogP contribution in [0.25, 0.3) is 21.3 Å². The Bertz CT molecular complexity index is 849. The lowest BCUT2D eigenvalue weighted by molar-refractivity contribution is 0.506. The first-order valence-corrected chi connectivity index (χ1v) is 8.17. The van der Waals surface area contributed by atoms with Crippen LogP contribution >= 0.6 is 11.3 Å². The van der Waals surface area contributed by atoms with Gasteiger partial charge in [0, 0.05) is 17.5 Å². The third-order valence-corrected chi connectivity index (χ3v) is 4.61. The molecule has 114 valence electrons. The number of nitrogens with zero attached hydrogens (tertiary/aromatic N) is 2. The van der Waals surface area contributed by atoms with E-state index >= 15 is 0 Å². The quantitative estimate of drug-likeness (QED) is 0.719. The highest BCUT2D eigenvalue weighted by Crippen LogP contribution is 2.30. The molecule has 0 aliphatic rings. The topological polar surface area (TPSA) is 34.9 Å². The van der Waals surface area contributed by atoms with E-state index in [0.717, 1.165) is 17.5 Å². The molecule has 0 saturated carbocycles. The smallest absolute Gasteiger partial charge is 0.271 e. The summed E-state index contributed by atoms with van der Waals surface area (Å²) in [4.78, 5) is 17.0. The molecule has 0 unspecified atom stereocenters. The van der Waals surface area contributed by atoms with E-state index in [0.29, 0.717) is 22.7 Å². The molecule has 0 radical (unpaired) electrons. The standard InChI is InChI=1S/C17H17FN2OS/c1-11(2)7-8-20-10-19-15-14(9-22-16(15)17(20)21)12-3-5-13(18)6-4-12/h3-6,9-11H,7-8H2,1-2H3. The second kappa shape index (κ2) is 6.01. The Balaban J connectivity index is 2.04. The van der Waals surface area contributed by atoms with Crippen LogP contribution in [0.4, 0.5) is 4.39 Å². The van der Waals surface area contributed by atoms with Crippen LogP contribution in [0.1, 0.15) is 20.3 Å². The molecule has 0 N–H and O–H groups in total. The highest BCUT2D eigenvalue weighted by molar-refractivity contribution is 7.17. The maximum absolute atomic E-state index is 13.0. The van der Waals surface area contributed by atoms with Gasteiger partial charge >= 0.3 is 0 Å². The van der Waals surface area contributed by atoms with Gasteiger partial charge in [0.2, 0.25) is 0 Å². The van der Waals surface area contributed by atoms with Gasteiger partial charge in [-0.25, -0.2) is 9.37 Å². The molecule has 0 bridgehead atoms. The third-order valence-electron chi connectivity index (χ3n) is 3.65. The highest BCUT2D eigenvalue weighted by atomic mass is 32.1.